The van der Waals surface area contributed by atoms with E-state index in [0.29, 0.717) is 28.5 Å². The van der Waals surface area contributed by atoms with Gasteiger partial charge in [-0.15, -0.1) is 0 Å². The first kappa shape index (κ1) is 18.9. The first-order valence-corrected chi connectivity index (χ1v) is 9.35. The molecule has 6 nitrogen and oxygen atoms in total. The molecule has 1 saturated heterocycles. The zero-order chi connectivity index (χ0) is 17.3. The van der Waals surface area contributed by atoms with Gasteiger partial charge < -0.3 is 9.47 Å². The third-order valence-electron chi connectivity index (χ3n) is 3.75. The number of halogens is 2. The van der Waals surface area contributed by atoms with E-state index in [1.165, 1.54) is 7.05 Å². The lowest BCUT2D eigenvalue weighted by Crippen LogP contribution is -2.32. The Hall–Kier alpha value is -0.410. The summed E-state index contributed by atoms with van der Waals surface area (Å²) in [7, 11) is -2.73. The molecule has 2 unspecified atom stereocenters. The molecule has 2 atom stereocenters. The fourth-order valence-corrected chi connectivity index (χ4v) is 3.49. The van der Waals surface area contributed by atoms with E-state index in [-0.39, 0.29) is 0 Å². The topological polar surface area (TPSA) is 73.9 Å². The Morgan fingerprint density at radius 3 is 2.26 bits per heavy atom. The van der Waals surface area contributed by atoms with Crippen LogP contribution in [0.3, 0.4) is 0 Å². The zero-order valence-electron chi connectivity index (χ0n) is 13.0. The predicted octanol–water partition coefficient (Wildman–Crippen LogP) is 3.40. The maximum absolute atomic E-state index is 11.8. The molecule has 1 aromatic carbocycles. The van der Waals surface area contributed by atoms with Gasteiger partial charge in [0.2, 0.25) is 6.29 Å². The third-order valence-corrected chi connectivity index (χ3v) is 5.36. The molecule has 2 rings (SSSR count). The van der Waals surface area contributed by atoms with Crippen LogP contribution in [0.1, 0.15) is 38.4 Å². The molecule has 23 heavy (non-hydrogen) atoms. The number of nitrogens with one attached hydrogen (secondary N) is 1. The highest BCUT2D eigenvalue weighted by atomic mass is 35.5. The molecule has 1 aliphatic heterocycles. The van der Waals surface area contributed by atoms with Crippen LogP contribution >= 0.6 is 23.2 Å². The summed E-state index contributed by atoms with van der Waals surface area (Å²) in [5.74, 6) is -0.957. The number of rotatable bonds is 6. The van der Waals surface area contributed by atoms with Gasteiger partial charge in [0.25, 0.3) is 0 Å². The maximum Gasteiger partial charge on any atom is 0.338 e. The highest BCUT2D eigenvalue weighted by molar-refractivity contribution is 7.84. The lowest BCUT2D eigenvalue weighted by atomic mass is 10.1. The molecular weight excluding hydrogens is 365 g/mol. The maximum atomic E-state index is 11.8. The van der Waals surface area contributed by atoms with E-state index in [9.17, 15) is 8.42 Å². The average Bonchev–Trinajstić information content (AvgIpc) is 2.86. The van der Waals surface area contributed by atoms with E-state index in [1.807, 2.05) is 13.8 Å². The van der Waals surface area contributed by atoms with Gasteiger partial charge in [-0.1, -0.05) is 43.1 Å². The predicted molar refractivity (Wildman–Crippen MR) is 87.5 cm³/mol. The smallest absolute Gasteiger partial charge is 0.336 e. The second kappa shape index (κ2) is 7.23. The van der Waals surface area contributed by atoms with E-state index < -0.39 is 28.5 Å². The Balaban J connectivity index is 2.44. The minimum Gasteiger partial charge on any atom is -0.336 e. The first-order chi connectivity index (χ1) is 10.8. The van der Waals surface area contributed by atoms with E-state index >= 15 is 0 Å². The number of benzene rings is 1. The number of ether oxygens (including phenoxy) is 2. The van der Waals surface area contributed by atoms with Crippen molar-refractivity contribution in [3.8, 4) is 0 Å². The van der Waals surface area contributed by atoms with Gasteiger partial charge in [0.1, 0.15) is 6.10 Å². The van der Waals surface area contributed by atoms with Gasteiger partial charge >= 0.3 is 10.3 Å². The minimum absolute atomic E-state index is 0.351. The minimum atomic E-state index is -3.98. The molecule has 0 saturated carbocycles. The van der Waals surface area contributed by atoms with E-state index in [2.05, 4.69) is 4.72 Å². The summed E-state index contributed by atoms with van der Waals surface area (Å²) in [6.07, 6.45) is -1.02. The Morgan fingerprint density at radius 2 is 1.78 bits per heavy atom. The summed E-state index contributed by atoms with van der Waals surface area (Å²) in [5.41, 5.74) is 0.441. The van der Waals surface area contributed by atoms with Gasteiger partial charge in [-0.2, -0.15) is 13.1 Å². The first-order valence-electron chi connectivity index (χ1n) is 7.18. The normalized spacial score (nSPS) is 24.0. The van der Waals surface area contributed by atoms with Crippen molar-refractivity contribution in [2.75, 3.05) is 7.05 Å². The summed E-state index contributed by atoms with van der Waals surface area (Å²) in [6, 6.07) is 4.98. The van der Waals surface area contributed by atoms with Crippen LogP contribution in [0.25, 0.3) is 0 Å². The van der Waals surface area contributed by atoms with Crippen molar-refractivity contribution in [3.05, 3.63) is 33.8 Å². The largest absolute Gasteiger partial charge is 0.338 e. The van der Waals surface area contributed by atoms with Crippen LogP contribution < -0.4 is 4.72 Å². The molecule has 1 aromatic rings. The molecule has 9 heteroatoms. The quantitative estimate of drug-likeness (QED) is 0.814. The fourth-order valence-electron chi connectivity index (χ4n) is 2.39. The van der Waals surface area contributed by atoms with Crippen molar-refractivity contribution in [3.63, 3.8) is 0 Å². The van der Waals surface area contributed by atoms with Crippen molar-refractivity contribution in [2.45, 2.75) is 44.9 Å². The van der Waals surface area contributed by atoms with Gasteiger partial charge in [0, 0.05) is 22.7 Å². The van der Waals surface area contributed by atoms with Crippen LogP contribution in [0.15, 0.2) is 18.2 Å². The standard InChI is InChI=1S/C14H19Cl2NO5S/c1-4-14(5-2)20-12(11-9(15)7-6-8-10(11)16)13(21-14)22-23(18,19)17-3/h6-8,12-13,17H,4-5H2,1-3H3. The van der Waals surface area contributed by atoms with Gasteiger partial charge in [-0.05, 0) is 25.0 Å². The van der Waals surface area contributed by atoms with Crippen molar-refractivity contribution in [1.82, 2.24) is 4.72 Å². The van der Waals surface area contributed by atoms with E-state index in [4.69, 9.17) is 36.9 Å². The highest BCUT2D eigenvalue weighted by Gasteiger charge is 2.49. The monoisotopic (exact) mass is 383 g/mol. The van der Waals surface area contributed by atoms with E-state index in [1.54, 1.807) is 18.2 Å². The fraction of sp³-hybridized carbons (Fsp3) is 0.571. The molecule has 0 spiro atoms. The van der Waals surface area contributed by atoms with Gasteiger partial charge in [-0.3, -0.25) is 0 Å². The molecule has 1 N–H and O–H groups in total. The molecule has 0 amide bonds. The molecule has 0 aliphatic carbocycles. The summed E-state index contributed by atoms with van der Waals surface area (Å²) in [5, 5.41) is 0.703. The molecule has 0 radical (unpaired) electrons. The average molecular weight is 384 g/mol. The van der Waals surface area contributed by atoms with Crippen LogP contribution in [0.2, 0.25) is 10.0 Å². The Kier molecular flexibility index (Phi) is 5.94. The summed E-state index contributed by atoms with van der Waals surface area (Å²) in [6.45, 7) is 3.76. The number of hydrogen-bond donors (Lipinski definition) is 1. The molecule has 1 heterocycles. The Bertz CT molecular complexity index is 643. The SMILES string of the molecule is CCC1(CC)OC(OS(=O)(=O)NC)C(c2c(Cl)cccc2Cl)O1. The van der Waals surface area contributed by atoms with Gasteiger partial charge in [0.05, 0.1) is 0 Å². The van der Waals surface area contributed by atoms with E-state index in [0.717, 1.165) is 0 Å². The van der Waals surface area contributed by atoms with Crippen molar-refractivity contribution < 1.29 is 22.1 Å². The Morgan fingerprint density at radius 1 is 1.22 bits per heavy atom. The van der Waals surface area contributed by atoms with Crippen molar-refractivity contribution in [1.29, 1.82) is 0 Å². The van der Waals surface area contributed by atoms with Crippen LogP contribution in [0, 0.1) is 0 Å². The van der Waals surface area contributed by atoms with Crippen LogP contribution in [-0.2, 0) is 24.0 Å². The summed E-state index contributed by atoms with van der Waals surface area (Å²) in [4.78, 5) is 0. The zero-order valence-corrected chi connectivity index (χ0v) is 15.3. The lowest BCUT2D eigenvalue weighted by molar-refractivity contribution is -0.196. The van der Waals surface area contributed by atoms with Crippen LogP contribution in [0.4, 0.5) is 0 Å². The second-order valence-corrected chi connectivity index (χ2v) is 7.36. The van der Waals surface area contributed by atoms with Crippen molar-refractivity contribution >= 4 is 33.5 Å². The highest BCUT2D eigenvalue weighted by Crippen LogP contribution is 2.46. The third kappa shape index (κ3) is 3.99. The Labute approximate surface area is 146 Å². The molecule has 130 valence electrons. The molecule has 1 aliphatic rings. The van der Waals surface area contributed by atoms with Gasteiger partial charge in [-0.25, -0.2) is 4.18 Å². The summed E-state index contributed by atoms with van der Waals surface area (Å²) >= 11 is 12.4. The van der Waals surface area contributed by atoms with Crippen LogP contribution in [0.5, 0.6) is 0 Å². The number of hydrogen-bond acceptors (Lipinski definition) is 5. The molecule has 0 aromatic heterocycles. The lowest BCUT2D eigenvalue weighted by Gasteiger charge is -2.24. The summed E-state index contributed by atoms with van der Waals surface area (Å²) < 4.78 is 42.4. The molecule has 0 bridgehead atoms. The molecular formula is C14H19Cl2NO5S. The van der Waals surface area contributed by atoms with Crippen molar-refractivity contribution in [2.24, 2.45) is 0 Å². The van der Waals surface area contributed by atoms with Crippen LogP contribution in [-0.4, -0.2) is 27.5 Å². The second-order valence-electron chi connectivity index (χ2n) is 5.03. The molecule has 1 fully saturated rings. The van der Waals surface area contributed by atoms with Gasteiger partial charge in [0.15, 0.2) is 5.79 Å².